The number of carbonyl (C=O) groups is 1. The van der Waals surface area contributed by atoms with Crippen LogP contribution in [0.5, 0.6) is 5.88 Å². The molecule has 2 aromatic carbocycles. The zero-order valence-corrected chi connectivity index (χ0v) is 13.3. The van der Waals surface area contributed by atoms with E-state index in [1.54, 1.807) is 24.3 Å². The molecule has 0 bridgehead atoms. The minimum Gasteiger partial charge on any atom is -0.493 e. The van der Waals surface area contributed by atoms with Crippen LogP contribution in [0.4, 0.5) is 5.69 Å². The van der Waals surface area contributed by atoms with Gasteiger partial charge in [0.1, 0.15) is 0 Å². The maximum atomic E-state index is 12.1. The van der Waals surface area contributed by atoms with Gasteiger partial charge in [-0.3, -0.25) is 4.79 Å². The van der Waals surface area contributed by atoms with E-state index in [1.807, 2.05) is 26.0 Å². The Hall–Kier alpha value is -2.66. The first-order valence-electron chi connectivity index (χ1n) is 7.00. The SMILES string of the molecule is Cc1ccc2c(N=NC(=O)c3ccccc3Cl)c(O)[nH]c2c1C. The first-order chi connectivity index (χ1) is 11.0. The van der Waals surface area contributed by atoms with Crippen molar-refractivity contribution in [2.45, 2.75) is 13.8 Å². The number of aromatic amines is 1. The zero-order valence-electron chi connectivity index (χ0n) is 12.6. The van der Waals surface area contributed by atoms with Crippen molar-refractivity contribution >= 4 is 34.1 Å². The molecule has 116 valence electrons. The van der Waals surface area contributed by atoms with E-state index in [0.29, 0.717) is 10.4 Å². The minimum absolute atomic E-state index is 0.121. The van der Waals surface area contributed by atoms with Gasteiger partial charge in [-0.05, 0) is 37.1 Å². The molecule has 0 saturated carbocycles. The number of aryl methyl sites for hydroxylation is 2. The highest BCUT2D eigenvalue weighted by Crippen LogP contribution is 2.37. The molecule has 0 aliphatic carbocycles. The van der Waals surface area contributed by atoms with Gasteiger partial charge in [0.25, 0.3) is 5.91 Å². The van der Waals surface area contributed by atoms with Crippen LogP contribution in [0, 0.1) is 13.8 Å². The van der Waals surface area contributed by atoms with Crippen molar-refractivity contribution in [1.29, 1.82) is 0 Å². The third kappa shape index (κ3) is 2.71. The Bertz CT molecular complexity index is 944. The van der Waals surface area contributed by atoms with E-state index in [4.69, 9.17) is 11.6 Å². The maximum absolute atomic E-state index is 12.1. The molecule has 5 nitrogen and oxygen atoms in total. The minimum atomic E-state index is -0.562. The number of benzene rings is 2. The van der Waals surface area contributed by atoms with Crippen molar-refractivity contribution in [1.82, 2.24) is 4.98 Å². The lowest BCUT2D eigenvalue weighted by atomic mass is 10.1. The van der Waals surface area contributed by atoms with Gasteiger partial charge in [-0.25, -0.2) is 0 Å². The van der Waals surface area contributed by atoms with Crippen LogP contribution in [-0.2, 0) is 0 Å². The topological polar surface area (TPSA) is 77.8 Å². The van der Waals surface area contributed by atoms with Gasteiger partial charge in [0.05, 0.1) is 16.1 Å². The Kier molecular flexibility index (Phi) is 3.88. The van der Waals surface area contributed by atoms with Crippen LogP contribution in [0.3, 0.4) is 0 Å². The van der Waals surface area contributed by atoms with Gasteiger partial charge in [0.15, 0.2) is 5.69 Å². The van der Waals surface area contributed by atoms with Gasteiger partial charge in [-0.15, -0.1) is 10.2 Å². The first-order valence-corrected chi connectivity index (χ1v) is 7.38. The van der Waals surface area contributed by atoms with E-state index in [0.717, 1.165) is 16.6 Å². The van der Waals surface area contributed by atoms with Gasteiger partial charge in [-0.2, -0.15) is 0 Å². The van der Waals surface area contributed by atoms with E-state index in [-0.39, 0.29) is 17.1 Å². The number of nitrogens with one attached hydrogen (secondary N) is 1. The molecule has 0 saturated heterocycles. The van der Waals surface area contributed by atoms with Gasteiger partial charge in [0, 0.05) is 5.39 Å². The molecule has 0 atom stereocenters. The summed E-state index contributed by atoms with van der Waals surface area (Å²) >= 11 is 5.97. The maximum Gasteiger partial charge on any atom is 0.296 e. The lowest BCUT2D eigenvalue weighted by Gasteiger charge is -2.00. The molecule has 0 aliphatic rings. The Morgan fingerprint density at radius 2 is 1.91 bits per heavy atom. The summed E-state index contributed by atoms with van der Waals surface area (Å²) in [7, 11) is 0. The summed E-state index contributed by atoms with van der Waals surface area (Å²) in [6.07, 6.45) is 0. The molecular weight excluding hydrogens is 314 g/mol. The molecule has 0 radical (unpaired) electrons. The number of aromatic hydroxyl groups is 1. The standard InChI is InChI=1S/C17H14ClN3O2/c1-9-7-8-12-14(10(9)2)19-17(23)15(12)20-21-16(22)11-5-3-4-6-13(11)18/h3-8,19,23H,1-2H3. The van der Waals surface area contributed by atoms with Crippen molar-refractivity contribution < 1.29 is 9.90 Å². The highest BCUT2D eigenvalue weighted by molar-refractivity contribution is 6.33. The molecule has 1 amide bonds. The number of halogens is 1. The number of fused-ring (bicyclic) bond motifs is 1. The second kappa shape index (κ2) is 5.85. The largest absolute Gasteiger partial charge is 0.493 e. The predicted octanol–water partition coefficient (Wildman–Crippen LogP) is 5.07. The van der Waals surface area contributed by atoms with Crippen LogP contribution in [0.1, 0.15) is 21.5 Å². The molecule has 23 heavy (non-hydrogen) atoms. The quantitative estimate of drug-likeness (QED) is 0.645. The summed E-state index contributed by atoms with van der Waals surface area (Å²) in [6, 6.07) is 10.4. The van der Waals surface area contributed by atoms with E-state index >= 15 is 0 Å². The normalized spacial score (nSPS) is 11.4. The van der Waals surface area contributed by atoms with Crippen molar-refractivity contribution in [2.24, 2.45) is 10.2 Å². The molecule has 3 rings (SSSR count). The van der Waals surface area contributed by atoms with Gasteiger partial charge < -0.3 is 10.1 Å². The fourth-order valence-electron chi connectivity index (χ4n) is 2.36. The lowest BCUT2D eigenvalue weighted by Crippen LogP contribution is -1.94. The van der Waals surface area contributed by atoms with Crippen LogP contribution in [0.2, 0.25) is 5.02 Å². The van der Waals surface area contributed by atoms with E-state index in [9.17, 15) is 9.90 Å². The van der Waals surface area contributed by atoms with E-state index in [1.165, 1.54) is 0 Å². The third-order valence-corrected chi connectivity index (χ3v) is 4.13. The van der Waals surface area contributed by atoms with Gasteiger partial charge in [0.2, 0.25) is 5.88 Å². The number of carbonyl (C=O) groups excluding carboxylic acids is 1. The van der Waals surface area contributed by atoms with Crippen LogP contribution >= 0.6 is 11.6 Å². The van der Waals surface area contributed by atoms with Crippen molar-refractivity contribution in [3.8, 4) is 5.88 Å². The molecule has 6 heteroatoms. The summed E-state index contributed by atoms with van der Waals surface area (Å²) in [4.78, 5) is 15.0. The molecule has 1 aromatic heterocycles. The monoisotopic (exact) mass is 327 g/mol. The molecule has 2 N–H and O–H groups in total. The second-order valence-electron chi connectivity index (χ2n) is 5.24. The predicted molar refractivity (Wildman–Crippen MR) is 89.7 cm³/mol. The highest BCUT2D eigenvalue weighted by atomic mass is 35.5. The molecule has 0 aliphatic heterocycles. The summed E-state index contributed by atoms with van der Waals surface area (Å²) in [5.41, 5.74) is 3.39. The zero-order chi connectivity index (χ0) is 16.6. The number of azo groups is 1. The summed E-state index contributed by atoms with van der Waals surface area (Å²) < 4.78 is 0. The molecule has 0 unspecified atom stereocenters. The van der Waals surface area contributed by atoms with Crippen molar-refractivity contribution in [3.63, 3.8) is 0 Å². The van der Waals surface area contributed by atoms with Crippen molar-refractivity contribution in [3.05, 3.63) is 58.1 Å². The molecule has 0 spiro atoms. The van der Waals surface area contributed by atoms with E-state index in [2.05, 4.69) is 15.2 Å². The smallest absolute Gasteiger partial charge is 0.296 e. The molecular formula is C17H14ClN3O2. The fourth-order valence-corrected chi connectivity index (χ4v) is 2.58. The van der Waals surface area contributed by atoms with Crippen LogP contribution in [0.25, 0.3) is 10.9 Å². The van der Waals surface area contributed by atoms with Gasteiger partial charge >= 0.3 is 0 Å². The number of hydrogen-bond acceptors (Lipinski definition) is 3. The van der Waals surface area contributed by atoms with Crippen LogP contribution in [0.15, 0.2) is 46.6 Å². The summed E-state index contributed by atoms with van der Waals surface area (Å²) in [5, 5.41) is 18.7. The second-order valence-corrected chi connectivity index (χ2v) is 5.64. The summed E-state index contributed by atoms with van der Waals surface area (Å²) in [5.74, 6) is -0.683. The van der Waals surface area contributed by atoms with Gasteiger partial charge in [-0.1, -0.05) is 35.9 Å². The third-order valence-electron chi connectivity index (χ3n) is 3.80. The van der Waals surface area contributed by atoms with Crippen molar-refractivity contribution in [2.75, 3.05) is 0 Å². The van der Waals surface area contributed by atoms with Crippen LogP contribution in [-0.4, -0.2) is 16.0 Å². The number of amides is 1. The average molecular weight is 328 g/mol. The Morgan fingerprint density at radius 3 is 2.65 bits per heavy atom. The molecule has 3 aromatic rings. The first kappa shape index (κ1) is 15.2. The van der Waals surface area contributed by atoms with E-state index < -0.39 is 5.91 Å². The summed E-state index contributed by atoms with van der Waals surface area (Å²) in [6.45, 7) is 3.93. The highest BCUT2D eigenvalue weighted by Gasteiger charge is 2.14. The molecule has 0 fully saturated rings. The lowest BCUT2D eigenvalue weighted by molar-refractivity contribution is 0.0995. The molecule has 1 heterocycles. The average Bonchev–Trinajstić information content (AvgIpc) is 2.85. The number of aromatic nitrogens is 1. The Labute approximate surface area is 137 Å². The number of rotatable bonds is 2. The van der Waals surface area contributed by atoms with Crippen LogP contribution < -0.4 is 0 Å². The number of H-pyrrole nitrogens is 1. The fraction of sp³-hybridized carbons (Fsp3) is 0.118. The Balaban J connectivity index is 2.02. The number of nitrogens with zero attached hydrogens (tertiary/aromatic N) is 2. The Morgan fingerprint density at radius 1 is 1.17 bits per heavy atom. The number of hydrogen-bond donors (Lipinski definition) is 2.